The van der Waals surface area contributed by atoms with E-state index in [2.05, 4.69) is 5.48 Å². The van der Waals surface area contributed by atoms with Crippen molar-refractivity contribution in [3.63, 3.8) is 0 Å². The highest BCUT2D eigenvalue weighted by atomic mass is 16.7. The lowest BCUT2D eigenvalue weighted by Gasteiger charge is -2.20. The van der Waals surface area contributed by atoms with E-state index >= 15 is 0 Å². The molecule has 5 nitrogen and oxygen atoms in total. The molecule has 2 atom stereocenters. The third-order valence-corrected chi connectivity index (χ3v) is 2.33. The van der Waals surface area contributed by atoms with Crippen LogP contribution in [0.4, 0.5) is 0 Å². The van der Waals surface area contributed by atoms with Crippen molar-refractivity contribution in [2.24, 2.45) is 11.7 Å². The first-order valence-corrected chi connectivity index (χ1v) is 6.11. The van der Waals surface area contributed by atoms with Crippen molar-refractivity contribution in [1.29, 1.82) is 0 Å². The molecule has 0 aliphatic carbocycles. The van der Waals surface area contributed by atoms with Gasteiger partial charge < -0.3 is 10.8 Å². The minimum atomic E-state index is -0.925. The predicted molar refractivity (Wildman–Crippen MR) is 67.5 cm³/mol. The van der Waals surface area contributed by atoms with Crippen LogP contribution in [-0.2, 0) is 9.63 Å². The van der Waals surface area contributed by atoms with Gasteiger partial charge in [-0.3, -0.25) is 9.63 Å². The molecule has 0 aromatic heterocycles. The molecule has 102 valence electrons. The van der Waals surface area contributed by atoms with E-state index in [1.165, 1.54) is 0 Å². The second-order valence-electron chi connectivity index (χ2n) is 5.54. The molecule has 0 aromatic rings. The topological polar surface area (TPSA) is 84.6 Å². The van der Waals surface area contributed by atoms with Gasteiger partial charge in [-0.2, -0.15) is 0 Å². The molecule has 5 heteroatoms. The average Bonchev–Trinajstić information content (AvgIpc) is 2.15. The van der Waals surface area contributed by atoms with Gasteiger partial charge in [0.1, 0.15) is 6.04 Å². The largest absolute Gasteiger partial charge is 0.480 e. The highest BCUT2D eigenvalue weighted by Gasteiger charge is 2.15. The van der Waals surface area contributed by atoms with Gasteiger partial charge in [0.25, 0.3) is 0 Å². The van der Waals surface area contributed by atoms with Gasteiger partial charge in [-0.25, -0.2) is 5.48 Å². The number of carbonyl (C=O) groups is 1. The van der Waals surface area contributed by atoms with Crippen LogP contribution in [0, 0.1) is 5.92 Å². The van der Waals surface area contributed by atoms with Gasteiger partial charge in [0, 0.05) is 6.54 Å². The summed E-state index contributed by atoms with van der Waals surface area (Å²) in [6.07, 6.45) is 2.42. The maximum Gasteiger partial charge on any atom is 0.320 e. The molecule has 0 spiro atoms. The lowest BCUT2D eigenvalue weighted by atomic mass is 9.97. The van der Waals surface area contributed by atoms with Crippen LogP contribution in [0.1, 0.15) is 47.0 Å². The Balaban J connectivity index is 3.52. The Kier molecular flexibility index (Phi) is 7.34. The number of nitrogens with two attached hydrogens (primary N) is 1. The fourth-order valence-electron chi connectivity index (χ4n) is 1.44. The Morgan fingerprint density at radius 1 is 1.47 bits per heavy atom. The summed E-state index contributed by atoms with van der Waals surface area (Å²) in [5, 5.41) is 8.67. The van der Waals surface area contributed by atoms with Crippen LogP contribution in [0.15, 0.2) is 0 Å². The van der Waals surface area contributed by atoms with Crippen LogP contribution in [0.25, 0.3) is 0 Å². The summed E-state index contributed by atoms with van der Waals surface area (Å²) in [4.78, 5) is 15.9. The van der Waals surface area contributed by atoms with Crippen molar-refractivity contribution in [3.8, 4) is 0 Å². The summed E-state index contributed by atoms with van der Waals surface area (Å²) >= 11 is 0. The quantitative estimate of drug-likeness (QED) is 0.447. The van der Waals surface area contributed by atoms with Gasteiger partial charge in [-0.15, -0.1) is 0 Å². The van der Waals surface area contributed by atoms with E-state index in [1.54, 1.807) is 0 Å². The van der Waals surface area contributed by atoms with E-state index in [0.29, 0.717) is 12.3 Å². The Morgan fingerprint density at radius 2 is 2.06 bits per heavy atom. The van der Waals surface area contributed by atoms with Crippen molar-refractivity contribution in [2.45, 2.75) is 58.6 Å². The number of carboxylic acids is 1. The molecule has 0 aliphatic rings. The minimum absolute atomic E-state index is 0.183. The molecule has 17 heavy (non-hydrogen) atoms. The molecule has 0 radical (unpaired) electrons. The van der Waals surface area contributed by atoms with E-state index in [4.69, 9.17) is 15.7 Å². The Morgan fingerprint density at radius 3 is 2.53 bits per heavy atom. The number of carboxylic acid groups (broad SMARTS) is 1. The van der Waals surface area contributed by atoms with Crippen LogP contribution < -0.4 is 11.2 Å². The second-order valence-corrected chi connectivity index (χ2v) is 5.54. The first kappa shape index (κ1) is 16.4. The third kappa shape index (κ3) is 10.2. The second kappa shape index (κ2) is 7.63. The number of hydrogen-bond acceptors (Lipinski definition) is 4. The van der Waals surface area contributed by atoms with Crippen LogP contribution in [0.5, 0.6) is 0 Å². The van der Waals surface area contributed by atoms with Gasteiger partial charge in [-0.1, -0.05) is 6.92 Å². The molecule has 0 heterocycles. The standard InChI is InChI=1S/C12H26N2O3/c1-9(8-10(13)11(15)16)6-5-7-14-17-12(2,3)4/h9-10,14H,5-8,13H2,1-4H3,(H,15,16)/t9?,10-/m0/s1. The van der Waals surface area contributed by atoms with E-state index in [-0.39, 0.29) is 5.60 Å². The summed E-state index contributed by atoms with van der Waals surface area (Å²) in [6, 6.07) is -0.746. The summed E-state index contributed by atoms with van der Waals surface area (Å²) in [6.45, 7) is 8.73. The summed E-state index contributed by atoms with van der Waals surface area (Å²) < 4.78 is 0. The molecule has 4 N–H and O–H groups in total. The zero-order chi connectivity index (χ0) is 13.5. The third-order valence-electron chi connectivity index (χ3n) is 2.33. The normalized spacial score (nSPS) is 15.6. The van der Waals surface area contributed by atoms with Crippen molar-refractivity contribution in [2.75, 3.05) is 6.54 Å². The van der Waals surface area contributed by atoms with Crippen LogP contribution >= 0.6 is 0 Å². The number of rotatable bonds is 8. The first-order chi connectivity index (χ1) is 7.72. The number of hydroxylamine groups is 1. The zero-order valence-corrected chi connectivity index (χ0v) is 11.3. The van der Waals surface area contributed by atoms with Crippen LogP contribution in [0.3, 0.4) is 0 Å². The van der Waals surface area contributed by atoms with E-state index < -0.39 is 12.0 Å². The van der Waals surface area contributed by atoms with Gasteiger partial charge >= 0.3 is 5.97 Å². The fourth-order valence-corrected chi connectivity index (χ4v) is 1.44. The molecule has 0 fully saturated rings. The van der Waals surface area contributed by atoms with E-state index in [1.807, 2.05) is 27.7 Å². The van der Waals surface area contributed by atoms with Crippen molar-refractivity contribution in [3.05, 3.63) is 0 Å². The van der Waals surface area contributed by atoms with Gasteiger partial charge in [0.15, 0.2) is 0 Å². The van der Waals surface area contributed by atoms with Crippen molar-refractivity contribution >= 4 is 5.97 Å². The molecular formula is C12H26N2O3. The predicted octanol–water partition coefficient (Wildman–Crippen LogP) is 1.52. The first-order valence-electron chi connectivity index (χ1n) is 6.11. The van der Waals surface area contributed by atoms with Crippen LogP contribution in [0.2, 0.25) is 0 Å². The Hall–Kier alpha value is -0.650. The zero-order valence-electron chi connectivity index (χ0n) is 11.3. The Labute approximate surface area is 104 Å². The minimum Gasteiger partial charge on any atom is -0.480 e. The van der Waals surface area contributed by atoms with Crippen molar-refractivity contribution in [1.82, 2.24) is 5.48 Å². The SMILES string of the molecule is CC(CCCNOC(C)(C)C)C[C@H](N)C(=O)O. The van der Waals surface area contributed by atoms with Crippen molar-refractivity contribution < 1.29 is 14.7 Å². The van der Waals surface area contributed by atoms with Gasteiger partial charge in [0.2, 0.25) is 0 Å². The molecular weight excluding hydrogens is 220 g/mol. The highest BCUT2D eigenvalue weighted by Crippen LogP contribution is 2.12. The lowest BCUT2D eigenvalue weighted by molar-refractivity contribution is -0.138. The fraction of sp³-hybridized carbons (Fsp3) is 0.917. The van der Waals surface area contributed by atoms with E-state index in [0.717, 1.165) is 19.4 Å². The van der Waals surface area contributed by atoms with Gasteiger partial charge in [-0.05, 0) is 46.0 Å². The molecule has 0 amide bonds. The van der Waals surface area contributed by atoms with Crippen LogP contribution in [-0.4, -0.2) is 29.3 Å². The number of hydrogen-bond donors (Lipinski definition) is 3. The molecule has 0 bridgehead atoms. The smallest absolute Gasteiger partial charge is 0.320 e. The molecule has 0 saturated carbocycles. The van der Waals surface area contributed by atoms with Gasteiger partial charge in [0.05, 0.1) is 5.60 Å². The molecule has 0 aromatic carbocycles. The molecule has 0 aliphatic heterocycles. The molecule has 0 saturated heterocycles. The maximum absolute atomic E-state index is 10.6. The maximum atomic E-state index is 10.6. The molecule has 0 rings (SSSR count). The lowest BCUT2D eigenvalue weighted by Crippen LogP contribution is -2.32. The summed E-state index contributed by atoms with van der Waals surface area (Å²) in [7, 11) is 0. The monoisotopic (exact) mass is 246 g/mol. The summed E-state index contributed by atoms with van der Waals surface area (Å²) in [5.41, 5.74) is 8.19. The number of aliphatic carboxylic acids is 1. The average molecular weight is 246 g/mol. The highest BCUT2D eigenvalue weighted by molar-refractivity contribution is 5.72. The Bertz CT molecular complexity index is 226. The summed E-state index contributed by atoms with van der Waals surface area (Å²) in [5.74, 6) is -0.608. The molecule has 1 unspecified atom stereocenters. The van der Waals surface area contributed by atoms with E-state index in [9.17, 15) is 4.79 Å². The number of nitrogens with one attached hydrogen (secondary N) is 1.